The molecule has 6 heteroatoms. The van der Waals surface area contributed by atoms with Gasteiger partial charge in [-0.3, -0.25) is 4.79 Å². The number of amides is 1. The number of aryl methyl sites for hydroxylation is 1. The number of carbonyl (C=O) groups excluding carboxylic acids is 1. The first-order valence-electron chi connectivity index (χ1n) is 5.96. The Balaban J connectivity index is 1.93. The number of halogens is 1. The zero-order chi connectivity index (χ0) is 14.5. The van der Waals surface area contributed by atoms with E-state index in [4.69, 9.17) is 22.1 Å². The highest BCUT2D eigenvalue weighted by molar-refractivity contribution is 6.32. The second-order valence-corrected chi connectivity index (χ2v) is 4.55. The lowest BCUT2D eigenvalue weighted by atomic mass is 10.3. The topological polar surface area (TPSA) is 77.2 Å². The quantitative estimate of drug-likeness (QED) is 0.908. The van der Waals surface area contributed by atoms with Gasteiger partial charge in [0.1, 0.15) is 11.6 Å². The van der Waals surface area contributed by atoms with Crippen LogP contribution in [-0.2, 0) is 4.79 Å². The summed E-state index contributed by atoms with van der Waals surface area (Å²) in [4.78, 5) is 15.9. The van der Waals surface area contributed by atoms with Crippen molar-refractivity contribution in [3.8, 4) is 5.75 Å². The van der Waals surface area contributed by atoms with Gasteiger partial charge in [0.2, 0.25) is 0 Å². The summed E-state index contributed by atoms with van der Waals surface area (Å²) in [6.45, 7) is 1.63. The van der Waals surface area contributed by atoms with Crippen LogP contribution >= 0.6 is 11.6 Å². The van der Waals surface area contributed by atoms with Gasteiger partial charge in [-0.15, -0.1) is 0 Å². The molecule has 1 amide bonds. The second-order valence-electron chi connectivity index (χ2n) is 4.14. The van der Waals surface area contributed by atoms with Gasteiger partial charge in [0.05, 0.1) is 16.4 Å². The van der Waals surface area contributed by atoms with Crippen LogP contribution < -0.4 is 15.8 Å². The number of hydrogen-bond acceptors (Lipinski definition) is 4. The van der Waals surface area contributed by atoms with Crippen molar-refractivity contribution in [2.24, 2.45) is 0 Å². The maximum atomic E-state index is 11.7. The van der Waals surface area contributed by atoms with E-state index in [1.54, 1.807) is 43.3 Å². The monoisotopic (exact) mass is 291 g/mol. The van der Waals surface area contributed by atoms with Crippen molar-refractivity contribution in [2.75, 3.05) is 17.7 Å². The zero-order valence-corrected chi connectivity index (χ0v) is 11.6. The van der Waals surface area contributed by atoms with Crippen LogP contribution in [0.25, 0.3) is 0 Å². The molecule has 0 saturated heterocycles. The first-order chi connectivity index (χ1) is 9.56. The van der Waals surface area contributed by atoms with Gasteiger partial charge in [-0.25, -0.2) is 4.98 Å². The van der Waals surface area contributed by atoms with Crippen LogP contribution in [0.1, 0.15) is 5.69 Å². The lowest BCUT2D eigenvalue weighted by Gasteiger charge is -2.09. The maximum absolute atomic E-state index is 11.7. The van der Waals surface area contributed by atoms with E-state index in [-0.39, 0.29) is 12.5 Å². The SMILES string of the molecule is Cc1nc(NC(=O)COc2ccccc2Cl)ccc1N. The van der Waals surface area contributed by atoms with Crippen molar-refractivity contribution in [3.05, 3.63) is 47.1 Å². The Morgan fingerprint density at radius 1 is 1.35 bits per heavy atom. The number of nitrogens with two attached hydrogens (primary N) is 1. The first-order valence-corrected chi connectivity index (χ1v) is 6.34. The fourth-order valence-corrected chi connectivity index (χ4v) is 1.72. The molecule has 0 radical (unpaired) electrons. The number of para-hydroxylation sites is 1. The van der Waals surface area contributed by atoms with Gasteiger partial charge in [0, 0.05) is 0 Å². The number of nitrogens with zero attached hydrogens (tertiary/aromatic N) is 1. The van der Waals surface area contributed by atoms with E-state index in [1.165, 1.54) is 0 Å². The molecule has 0 atom stereocenters. The van der Waals surface area contributed by atoms with Crippen LogP contribution in [0, 0.1) is 6.92 Å². The van der Waals surface area contributed by atoms with Crippen LogP contribution in [0.2, 0.25) is 5.02 Å². The number of nitrogen functional groups attached to an aromatic ring is 1. The van der Waals surface area contributed by atoms with Crippen molar-refractivity contribution in [3.63, 3.8) is 0 Å². The Morgan fingerprint density at radius 3 is 2.80 bits per heavy atom. The minimum Gasteiger partial charge on any atom is -0.482 e. The smallest absolute Gasteiger partial charge is 0.263 e. The van der Waals surface area contributed by atoms with Gasteiger partial charge < -0.3 is 15.8 Å². The summed E-state index contributed by atoms with van der Waals surface area (Å²) in [5.41, 5.74) is 6.90. The average Bonchev–Trinajstić information content (AvgIpc) is 2.42. The molecule has 0 saturated carbocycles. The zero-order valence-electron chi connectivity index (χ0n) is 10.9. The van der Waals surface area contributed by atoms with Gasteiger partial charge in [0.25, 0.3) is 5.91 Å². The van der Waals surface area contributed by atoms with E-state index in [9.17, 15) is 4.79 Å². The molecule has 0 fully saturated rings. The van der Waals surface area contributed by atoms with Crippen molar-refractivity contribution in [1.82, 2.24) is 4.98 Å². The molecule has 0 bridgehead atoms. The van der Waals surface area contributed by atoms with E-state index >= 15 is 0 Å². The predicted molar refractivity (Wildman–Crippen MR) is 79.0 cm³/mol. The molecule has 0 unspecified atom stereocenters. The van der Waals surface area contributed by atoms with E-state index in [1.807, 2.05) is 0 Å². The number of carbonyl (C=O) groups is 1. The molecule has 104 valence electrons. The number of ether oxygens (including phenoxy) is 1. The van der Waals surface area contributed by atoms with Crippen LogP contribution in [-0.4, -0.2) is 17.5 Å². The highest BCUT2D eigenvalue weighted by Gasteiger charge is 2.07. The van der Waals surface area contributed by atoms with Gasteiger partial charge >= 0.3 is 0 Å². The molecular formula is C14H14ClN3O2. The molecule has 5 nitrogen and oxygen atoms in total. The fraction of sp³-hybridized carbons (Fsp3) is 0.143. The molecule has 3 N–H and O–H groups in total. The summed E-state index contributed by atoms with van der Waals surface area (Å²) >= 11 is 5.92. The van der Waals surface area contributed by atoms with E-state index in [0.29, 0.717) is 28.0 Å². The van der Waals surface area contributed by atoms with Crippen LogP contribution in [0.5, 0.6) is 5.75 Å². The first kappa shape index (κ1) is 14.1. The highest BCUT2D eigenvalue weighted by atomic mass is 35.5. The van der Waals surface area contributed by atoms with Crippen LogP contribution in [0.15, 0.2) is 36.4 Å². The Hall–Kier alpha value is -2.27. The number of aromatic nitrogens is 1. The molecular weight excluding hydrogens is 278 g/mol. The number of benzene rings is 1. The van der Waals surface area contributed by atoms with E-state index in [0.717, 1.165) is 0 Å². The molecule has 0 aliphatic carbocycles. The maximum Gasteiger partial charge on any atom is 0.263 e. The third-order valence-corrected chi connectivity index (χ3v) is 2.90. The summed E-state index contributed by atoms with van der Waals surface area (Å²) in [6.07, 6.45) is 0. The van der Waals surface area contributed by atoms with Gasteiger partial charge in [-0.05, 0) is 31.2 Å². The molecule has 2 aromatic rings. The number of pyridine rings is 1. The van der Waals surface area contributed by atoms with Crippen molar-refractivity contribution in [1.29, 1.82) is 0 Å². The summed E-state index contributed by atoms with van der Waals surface area (Å²) in [5, 5.41) is 3.09. The lowest BCUT2D eigenvalue weighted by Crippen LogP contribution is -2.21. The van der Waals surface area contributed by atoms with E-state index < -0.39 is 0 Å². The van der Waals surface area contributed by atoms with Gasteiger partial charge in [-0.2, -0.15) is 0 Å². The van der Waals surface area contributed by atoms with Gasteiger partial charge in [-0.1, -0.05) is 23.7 Å². The Morgan fingerprint density at radius 2 is 2.10 bits per heavy atom. The molecule has 20 heavy (non-hydrogen) atoms. The van der Waals surface area contributed by atoms with Crippen molar-refractivity contribution < 1.29 is 9.53 Å². The Labute approximate surface area is 121 Å². The minimum absolute atomic E-state index is 0.144. The molecule has 0 aliphatic heterocycles. The van der Waals surface area contributed by atoms with Crippen LogP contribution in [0.4, 0.5) is 11.5 Å². The van der Waals surface area contributed by atoms with E-state index in [2.05, 4.69) is 10.3 Å². The number of nitrogens with one attached hydrogen (secondary N) is 1. The van der Waals surface area contributed by atoms with Crippen LogP contribution in [0.3, 0.4) is 0 Å². The molecule has 0 aliphatic rings. The summed E-state index contributed by atoms with van der Waals surface area (Å²) in [5.74, 6) is 0.580. The molecule has 1 aromatic carbocycles. The third kappa shape index (κ3) is 3.61. The summed E-state index contributed by atoms with van der Waals surface area (Å²) in [6, 6.07) is 10.3. The molecule has 1 aromatic heterocycles. The third-order valence-electron chi connectivity index (χ3n) is 2.59. The number of rotatable bonds is 4. The minimum atomic E-state index is -0.318. The number of anilines is 2. The standard InChI is InChI=1S/C14H14ClN3O2/c1-9-11(16)6-7-13(17-9)18-14(19)8-20-12-5-3-2-4-10(12)15/h2-7H,8,16H2,1H3,(H,17,18,19). The molecule has 0 spiro atoms. The normalized spacial score (nSPS) is 10.1. The average molecular weight is 292 g/mol. The predicted octanol–water partition coefficient (Wildman–Crippen LogP) is 2.64. The number of hydrogen-bond donors (Lipinski definition) is 2. The van der Waals surface area contributed by atoms with Crippen molar-refractivity contribution >= 4 is 29.0 Å². The fourth-order valence-electron chi connectivity index (χ4n) is 1.53. The summed E-state index contributed by atoms with van der Waals surface area (Å²) < 4.78 is 5.33. The Kier molecular flexibility index (Phi) is 4.42. The second kappa shape index (κ2) is 6.25. The van der Waals surface area contributed by atoms with Crippen molar-refractivity contribution in [2.45, 2.75) is 6.92 Å². The largest absolute Gasteiger partial charge is 0.482 e. The lowest BCUT2D eigenvalue weighted by molar-refractivity contribution is -0.118. The molecule has 1 heterocycles. The summed E-state index contributed by atoms with van der Waals surface area (Å²) in [7, 11) is 0. The highest BCUT2D eigenvalue weighted by Crippen LogP contribution is 2.22. The molecule has 2 rings (SSSR count). The Bertz CT molecular complexity index is 632. The van der Waals surface area contributed by atoms with Gasteiger partial charge in [0.15, 0.2) is 6.61 Å².